The standard InChI is InChI=1S/C22H25N3O5/c1-26-17-10-9-16(19(27-2)20(17)28-3)13-25-11-12-29-18(14-25)22-23-21(24-30-22)15-7-5-4-6-8-15/h4-10,18H,11-14H2,1-3H3/t18-/m0/s1. The molecule has 3 aromatic rings. The van der Waals surface area contributed by atoms with E-state index in [1.54, 1.807) is 21.3 Å². The average molecular weight is 411 g/mol. The topological polar surface area (TPSA) is 79.1 Å². The molecule has 1 aliphatic rings. The molecule has 1 atom stereocenters. The summed E-state index contributed by atoms with van der Waals surface area (Å²) in [5.41, 5.74) is 1.92. The largest absolute Gasteiger partial charge is 0.493 e. The van der Waals surface area contributed by atoms with E-state index in [1.807, 2.05) is 42.5 Å². The van der Waals surface area contributed by atoms with Crippen molar-refractivity contribution in [1.29, 1.82) is 0 Å². The van der Waals surface area contributed by atoms with Gasteiger partial charge in [0.1, 0.15) is 6.10 Å². The summed E-state index contributed by atoms with van der Waals surface area (Å²) in [6.45, 7) is 2.66. The van der Waals surface area contributed by atoms with E-state index >= 15 is 0 Å². The molecule has 0 amide bonds. The van der Waals surface area contributed by atoms with Crippen LogP contribution < -0.4 is 14.2 Å². The summed E-state index contributed by atoms with van der Waals surface area (Å²) < 4.78 is 27.9. The number of nitrogens with zero attached hydrogens (tertiary/aromatic N) is 3. The fraction of sp³-hybridized carbons (Fsp3) is 0.364. The van der Waals surface area contributed by atoms with E-state index in [0.29, 0.717) is 48.7 Å². The maximum absolute atomic E-state index is 5.91. The van der Waals surface area contributed by atoms with Crippen molar-refractivity contribution >= 4 is 0 Å². The second-order valence-electron chi connectivity index (χ2n) is 6.91. The molecule has 0 spiro atoms. The van der Waals surface area contributed by atoms with Gasteiger partial charge in [0.25, 0.3) is 5.89 Å². The Bertz CT molecular complexity index is 976. The number of rotatable bonds is 7. The van der Waals surface area contributed by atoms with E-state index in [-0.39, 0.29) is 6.10 Å². The highest BCUT2D eigenvalue weighted by Gasteiger charge is 2.28. The van der Waals surface area contributed by atoms with Gasteiger partial charge in [-0.25, -0.2) is 0 Å². The van der Waals surface area contributed by atoms with Gasteiger partial charge in [0.15, 0.2) is 11.5 Å². The average Bonchev–Trinajstić information content (AvgIpc) is 3.30. The number of ether oxygens (including phenoxy) is 4. The van der Waals surface area contributed by atoms with Crippen molar-refractivity contribution in [2.24, 2.45) is 0 Å². The Morgan fingerprint density at radius 2 is 1.80 bits per heavy atom. The summed E-state index contributed by atoms with van der Waals surface area (Å²) in [7, 11) is 4.85. The third kappa shape index (κ3) is 4.10. The lowest BCUT2D eigenvalue weighted by molar-refractivity contribution is -0.0476. The molecule has 8 heteroatoms. The number of hydrogen-bond acceptors (Lipinski definition) is 8. The molecule has 1 saturated heterocycles. The van der Waals surface area contributed by atoms with Gasteiger partial charge in [-0.3, -0.25) is 4.90 Å². The fourth-order valence-corrected chi connectivity index (χ4v) is 3.59. The van der Waals surface area contributed by atoms with Crippen LogP contribution in [0.4, 0.5) is 0 Å². The molecule has 8 nitrogen and oxygen atoms in total. The van der Waals surface area contributed by atoms with Crippen LogP contribution in [-0.2, 0) is 11.3 Å². The van der Waals surface area contributed by atoms with Gasteiger partial charge in [0, 0.05) is 30.8 Å². The number of hydrogen-bond donors (Lipinski definition) is 0. The number of methoxy groups -OCH3 is 3. The summed E-state index contributed by atoms with van der Waals surface area (Å²) >= 11 is 0. The summed E-state index contributed by atoms with van der Waals surface area (Å²) in [5, 5.41) is 4.10. The van der Waals surface area contributed by atoms with Gasteiger partial charge in [-0.2, -0.15) is 4.98 Å². The molecule has 2 aromatic carbocycles. The minimum absolute atomic E-state index is 0.283. The predicted molar refractivity (Wildman–Crippen MR) is 110 cm³/mol. The van der Waals surface area contributed by atoms with E-state index in [2.05, 4.69) is 15.0 Å². The molecule has 0 unspecified atom stereocenters. The molecule has 0 N–H and O–H groups in total. The van der Waals surface area contributed by atoms with Crippen molar-refractivity contribution in [2.45, 2.75) is 12.6 Å². The Kier molecular flexibility index (Phi) is 6.15. The summed E-state index contributed by atoms with van der Waals surface area (Å²) in [6.07, 6.45) is -0.283. The van der Waals surface area contributed by atoms with E-state index < -0.39 is 0 Å². The highest BCUT2D eigenvalue weighted by molar-refractivity contribution is 5.56. The van der Waals surface area contributed by atoms with Gasteiger partial charge in [-0.15, -0.1) is 0 Å². The third-order valence-corrected chi connectivity index (χ3v) is 5.08. The highest BCUT2D eigenvalue weighted by Crippen LogP contribution is 2.40. The molecule has 2 heterocycles. The Labute approximate surface area is 175 Å². The van der Waals surface area contributed by atoms with E-state index in [1.165, 1.54) is 0 Å². The fourth-order valence-electron chi connectivity index (χ4n) is 3.59. The Hall–Kier alpha value is -3.10. The summed E-state index contributed by atoms with van der Waals surface area (Å²) in [5.74, 6) is 2.94. The SMILES string of the molecule is COc1ccc(CN2CCO[C@H](c3nc(-c4ccccc4)no3)C2)c(OC)c1OC. The summed E-state index contributed by atoms with van der Waals surface area (Å²) in [6, 6.07) is 13.6. The van der Waals surface area contributed by atoms with Crippen LogP contribution in [0.3, 0.4) is 0 Å². The van der Waals surface area contributed by atoms with E-state index in [9.17, 15) is 0 Å². The number of aromatic nitrogens is 2. The van der Waals surface area contributed by atoms with Crippen molar-refractivity contribution in [3.63, 3.8) is 0 Å². The molecular formula is C22H25N3O5. The lowest BCUT2D eigenvalue weighted by Crippen LogP contribution is -2.38. The van der Waals surface area contributed by atoms with Crippen molar-refractivity contribution in [3.8, 4) is 28.6 Å². The molecule has 1 aliphatic heterocycles. The molecule has 1 aromatic heterocycles. The zero-order valence-corrected chi connectivity index (χ0v) is 17.3. The van der Waals surface area contributed by atoms with Gasteiger partial charge in [-0.05, 0) is 6.07 Å². The lowest BCUT2D eigenvalue weighted by atomic mass is 10.1. The van der Waals surface area contributed by atoms with E-state index in [0.717, 1.165) is 17.7 Å². The second kappa shape index (κ2) is 9.15. The van der Waals surface area contributed by atoms with Crippen LogP contribution in [0.1, 0.15) is 17.6 Å². The first-order chi connectivity index (χ1) is 14.7. The van der Waals surface area contributed by atoms with Crippen molar-refractivity contribution in [2.75, 3.05) is 41.0 Å². The van der Waals surface area contributed by atoms with Crippen LogP contribution >= 0.6 is 0 Å². The lowest BCUT2D eigenvalue weighted by Gasteiger charge is -2.31. The predicted octanol–water partition coefficient (Wildman–Crippen LogP) is 3.34. The smallest absolute Gasteiger partial charge is 0.257 e. The first kappa shape index (κ1) is 20.2. The molecule has 0 bridgehead atoms. The Morgan fingerprint density at radius 3 is 2.53 bits per heavy atom. The minimum atomic E-state index is -0.283. The number of morpholine rings is 1. The maximum atomic E-state index is 5.91. The molecule has 0 aliphatic carbocycles. The van der Waals surface area contributed by atoms with Crippen molar-refractivity contribution < 1.29 is 23.5 Å². The molecule has 1 fully saturated rings. The van der Waals surface area contributed by atoms with Crippen molar-refractivity contribution in [1.82, 2.24) is 15.0 Å². The van der Waals surface area contributed by atoms with Gasteiger partial charge in [-0.1, -0.05) is 41.6 Å². The highest BCUT2D eigenvalue weighted by atomic mass is 16.5. The van der Waals surface area contributed by atoms with Crippen molar-refractivity contribution in [3.05, 3.63) is 53.9 Å². The monoisotopic (exact) mass is 411 g/mol. The van der Waals surface area contributed by atoms with Crippen LogP contribution in [0.2, 0.25) is 0 Å². The van der Waals surface area contributed by atoms with Gasteiger partial charge in [0.05, 0.1) is 27.9 Å². The normalized spacial score (nSPS) is 17.0. The third-order valence-electron chi connectivity index (χ3n) is 5.08. The zero-order valence-electron chi connectivity index (χ0n) is 17.3. The van der Waals surface area contributed by atoms with Crippen LogP contribution in [0, 0.1) is 0 Å². The van der Waals surface area contributed by atoms with Crippen LogP contribution in [-0.4, -0.2) is 56.1 Å². The Balaban J connectivity index is 1.50. The number of benzene rings is 2. The molecule has 158 valence electrons. The summed E-state index contributed by atoms with van der Waals surface area (Å²) in [4.78, 5) is 6.81. The first-order valence-electron chi connectivity index (χ1n) is 9.74. The quantitative estimate of drug-likeness (QED) is 0.586. The molecule has 4 rings (SSSR count). The molecular weight excluding hydrogens is 386 g/mol. The molecule has 0 radical (unpaired) electrons. The van der Waals surface area contributed by atoms with Crippen LogP contribution in [0.15, 0.2) is 47.0 Å². The van der Waals surface area contributed by atoms with Gasteiger partial charge < -0.3 is 23.5 Å². The first-order valence-corrected chi connectivity index (χ1v) is 9.74. The second-order valence-corrected chi connectivity index (χ2v) is 6.91. The maximum Gasteiger partial charge on any atom is 0.257 e. The van der Waals surface area contributed by atoms with Gasteiger partial charge in [0.2, 0.25) is 11.6 Å². The van der Waals surface area contributed by atoms with Gasteiger partial charge >= 0.3 is 0 Å². The molecule has 0 saturated carbocycles. The molecule has 30 heavy (non-hydrogen) atoms. The zero-order chi connectivity index (χ0) is 20.9. The Morgan fingerprint density at radius 1 is 1.00 bits per heavy atom. The van der Waals surface area contributed by atoms with Crippen LogP contribution in [0.5, 0.6) is 17.2 Å². The van der Waals surface area contributed by atoms with E-state index in [4.69, 9.17) is 23.5 Å². The van der Waals surface area contributed by atoms with Crippen LogP contribution in [0.25, 0.3) is 11.4 Å². The minimum Gasteiger partial charge on any atom is -0.493 e.